The van der Waals surface area contributed by atoms with Gasteiger partial charge in [0.2, 0.25) is 0 Å². The first-order valence-electron chi connectivity index (χ1n) is 5.86. The van der Waals surface area contributed by atoms with Crippen molar-refractivity contribution in [1.82, 2.24) is 0 Å². The van der Waals surface area contributed by atoms with Gasteiger partial charge in [-0.05, 0) is 30.3 Å². The standard InChI is InChI=1S/C14H11BrFN3O2/c15-9-4-1-3-8(7-9)14(20)18-11-6-2-5-10(16)12(11)13(17)19-21/h1-7,21H,(H2,17,19)(H,18,20). The van der Waals surface area contributed by atoms with Crippen molar-refractivity contribution in [3.63, 3.8) is 0 Å². The van der Waals surface area contributed by atoms with Crippen molar-refractivity contribution in [3.8, 4) is 0 Å². The second-order valence-corrected chi connectivity index (χ2v) is 5.03. The van der Waals surface area contributed by atoms with Crippen molar-refractivity contribution < 1.29 is 14.4 Å². The lowest BCUT2D eigenvalue weighted by Gasteiger charge is -2.11. The van der Waals surface area contributed by atoms with Gasteiger partial charge in [-0.25, -0.2) is 4.39 Å². The molecule has 4 N–H and O–H groups in total. The minimum absolute atomic E-state index is 0.121. The van der Waals surface area contributed by atoms with Gasteiger partial charge in [0.15, 0.2) is 5.84 Å². The Morgan fingerprint density at radius 2 is 2.00 bits per heavy atom. The fourth-order valence-corrected chi connectivity index (χ4v) is 2.16. The number of rotatable bonds is 3. The van der Waals surface area contributed by atoms with E-state index in [9.17, 15) is 9.18 Å². The van der Waals surface area contributed by atoms with Gasteiger partial charge in [-0.15, -0.1) is 0 Å². The number of anilines is 1. The Kier molecular flexibility index (Phi) is 4.54. The molecule has 0 fully saturated rings. The molecule has 0 heterocycles. The molecule has 2 aromatic rings. The highest BCUT2D eigenvalue weighted by molar-refractivity contribution is 9.10. The van der Waals surface area contributed by atoms with Gasteiger partial charge in [-0.2, -0.15) is 0 Å². The molecule has 0 aliphatic heterocycles. The lowest BCUT2D eigenvalue weighted by Crippen LogP contribution is -2.20. The van der Waals surface area contributed by atoms with Gasteiger partial charge < -0.3 is 16.3 Å². The van der Waals surface area contributed by atoms with E-state index < -0.39 is 17.6 Å². The zero-order chi connectivity index (χ0) is 15.4. The van der Waals surface area contributed by atoms with E-state index >= 15 is 0 Å². The predicted molar refractivity (Wildman–Crippen MR) is 81.0 cm³/mol. The van der Waals surface area contributed by atoms with E-state index in [2.05, 4.69) is 26.4 Å². The van der Waals surface area contributed by atoms with Crippen molar-refractivity contribution in [3.05, 3.63) is 63.9 Å². The number of nitrogens with two attached hydrogens (primary N) is 1. The molecule has 0 saturated heterocycles. The van der Waals surface area contributed by atoms with Crippen LogP contribution in [0.4, 0.5) is 10.1 Å². The van der Waals surface area contributed by atoms with Gasteiger partial charge in [0.25, 0.3) is 5.91 Å². The monoisotopic (exact) mass is 351 g/mol. The van der Waals surface area contributed by atoms with Crippen molar-refractivity contribution in [2.75, 3.05) is 5.32 Å². The SMILES string of the molecule is N/C(=N/O)c1c(F)cccc1NC(=O)c1cccc(Br)c1. The first-order valence-corrected chi connectivity index (χ1v) is 6.65. The van der Waals surface area contributed by atoms with Crippen LogP contribution in [-0.2, 0) is 0 Å². The maximum Gasteiger partial charge on any atom is 0.255 e. The summed E-state index contributed by atoms with van der Waals surface area (Å²) in [6.07, 6.45) is 0. The van der Waals surface area contributed by atoms with Gasteiger partial charge in [-0.1, -0.05) is 33.2 Å². The van der Waals surface area contributed by atoms with E-state index in [0.717, 1.165) is 10.5 Å². The van der Waals surface area contributed by atoms with Gasteiger partial charge >= 0.3 is 0 Å². The third-order valence-electron chi connectivity index (χ3n) is 2.71. The fourth-order valence-electron chi connectivity index (χ4n) is 1.76. The molecule has 2 aromatic carbocycles. The van der Waals surface area contributed by atoms with Gasteiger partial charge in [0.1, 0.15) is 5.82 Å². The Morgan fingerprint density at radius 1 is 1.29 bits per heavy atom. The maximum atomic E-state index is 13.8. The Balaban J connectivity index is 2.36. The molecule has 2 rings (SSSR count). The normalized spacial score (nSPS) is 11.2. The van der Waals surface area contributed by atoms with Crippen molar-refractivity contribution in [2.24, 2.45) is 10.9 Å². The summed E-state index contributed by atoms with van der Waals surface area (Å²) in [5, 5.41) is 14.0. The van der Waals surface area contributed by atoms with Crippen LogP contribution in [0.2, 0.25) is 0 Å². The summed E-state index contributed by atoms with van der Waals surface area (Å²) in [6.45, 7) is 0. The molecule has 21 heavy (non-hydrogen) atoms. The number of nitrogens with one attached hydrogen (secondary N) is 1. The Morgan fingerprint density at radius 3 is 2.67 bits per heavy atom. The molecule has 0 aromatic heterocycles. The van der Waals surface area contributed by atoms with Crippen LogP contribution in [-0.4, -0.2) is 17.0 Å². The average Bonchev–Trinajstić information content (AvgIpc) is 2.46. The van der Waals surface area contributed by atoms with Gasteiger partial charge in [0, 0.05) is 10.0 Å². The quantitative estimate of drug-likeness (QED) is 0.344. The number of oxime groups is 1. The number of hydrogen-bond donors (Lipinski definition) is 3. The highest BCUT2D eigenvalue weighted by atomic mass is 79.9. The summed E-state index contributed by atoms with van der Waals surface area (Å²) in [7, 11) is 0. The second kappa shape index (κ2) is 6.36. The Bertz CT molecular complexity index is 719. The molecule has 108 valence electrons. The Hall–Kier alpha value is -2.41. The van der Waals surface area contributed by atoms with Crippen LogP contribution in [0.15, 0.2) is 52.1 Å². The zero-order valence-electron chi connectivity index (χ0n) is 10.7. The van der Waals surface area contributed by atoms with Gasteiger partial charge in [-0.3, -0.25) is 4.79 Å². The predicted octanol–water partition coefficient (Wildman–Crippen LogP) is 2.94. The first kappa shape index (κ1) is 15.0. The molecule has 0 saturated carbocycles. The molecule has 0 unspecified atom stereocenters. The topological polar surface area (TPSA) is 87.7 Å². The third-order valence-corrected chi connectivity index (χ3v) is 3.21. The summed E-state index contributed by atoms with van der Waals surface area (Å²) in [4.78, 5) is 12.1. The number of amides is 1. The highest BCUT2D eigenvalue weighted by Gasteiger charge is 2.15. The molecule has 0 atom stereocenters. The van der Waals surface area contributed by atoms with E-state index in [1.807, 2.05) is 0 Å². The minimum atomic E-state index is -0.697. The molecule has 7 heteroatoms. The number of halogens is 2. The van der Waals surface area contributed by atoms with E-state index in [0.29, 0.717) is 5.56 Å². The number of carbonyl (C=O) groups is 1. The molecule has 1 amide bonds. The molecule has 0 aliphatic carbocycles. The molecule has 5 nitrogen and oxygen atoms in total. The molecule has 0 aliphatic rings. The van der Waals surface area contributed by atoms with Crippen LogP contribution in [0.3, 0.4) is 0 Å². The largest absolute Gasteiger partial charge is 0.409 e. The smallest absolute Gasteiger partial charge is 0.255 e. The number of hydrogen-bond acceptors (Lipinski definition) is 3. The van der Waals surface area contributed by atoms with Crippen LogP contribution in [0, 0.1) is 5.82 Å². The Labute approximate surface area is 128 Å². The maximum absolute atomic E-state index is 13.8. The average molecular weight is 352 g/mol. The molecule has 0 radical (unpaired) electrons. The van der Waals surface area contributed by atoms with E-state index in [1.165, 1.54) is 12.1 Å². The van der Waals surface area contributed by atoms with Crippen LogP contribution < -0.4 is 11.1 Å². The van der Waals surface area contributed by atoms with Crippen LogP contribution >= 0.6 is 15.9 Å². The lowest BCUT2D eigenvalue weighted by molar-refractivity contribution is 0.102. The summed E-state index contributed by atoms with van der Waals surface area (Å²) in [6, 6.07) is 10.8. The van der Waals surface area contributed by atoms with E-state index in [-0.39, 0.29) is 11.3 Å². The number of benzene rings is 2. The zero-order valence-corrected chi connectivity index (χ0v) is 12.3. The first-order chi connectivity index (χ1) is 10.0. The van der Waals surface area contributed by atoms with Crippen molar-refractivity contribution in [1.29, 1.82) is 0 Å². The number of carbonyl (C=O) groups excluding carboxylic acids is 1. The fraction of sp³-hybridized carbons (Fsp3) is 0. The van der Waals surface area contributed by atoms with Crippen molar-refractivity contribution >= 4 is 33.4 Å². The van der Waals surface area contributed by atoms with Crippen LogP contribution in [0.5, 0.6) is 0 Å². The van der Waals surface area contributed by atoms with Crippen LogP contribution in [0.1, 0.15) is 15.9 Å². The minimum Gasteiger partial charge on any atom is -0.409 e. The molecule has 0 spiro atoms. The molecular formula is C14H11BrFN3O2. The number of nitrogens with zero attached hydrogens (tertiary/aromatic N) is 1. The van der Waals surface area contributed by atoms with Crippen molar-refractivity contribution in [2.45, 2.75) is 0 Å². The lowest BCUT2D eigenvalue weighted by atomic mass is 10.1. The number of amidine groups is 1. The third kappa shape index (κ3) is 3.38. The van der Waals surface area contributed by atoms with E-state index in [4.69, 9.17) is 10.9 Å². The molecular weight excluding hydrogens is 341 g/mol. The van der Waals surface area contributed by atoms with Gasteiger partial charge in [0.05, 0.1) is 11.3 Å². The highest BCUT2D eigenvalue weighted by Crippen LogP contribution is 2.20. The van der Waals surface area contributed by atoms with E-state index in [1.54, 1.807) is 24.3 Å². The molecule has 0 bridgehead atoms. The summed E-state index contributed by atoms with van der Waals surface area (Å²) in [5.74, 6) is -1.55. The van der Waals surface area contributed by atoms with Crippen LogP contribution in [0.25, 0.3) is 0 Å². The summed E-state index contributed by atoms with van der Waals surface area (Å²) >= 11 is 3.26. The second-order valence-electron chi connectivity index (χ2n) is 4.11. The summed E-state index contributed by atoms with van der Waals surface area (Å²) < 4.78 is 14.5. The summed E-state index contributed by atoms with van der Waals surface area (Å²) in [5.41, 5.74) is 5.78.